The first-order valence-corrected chi connectivity index (χ1v) is 11.7. The molecule has 0 aliphatic rings. The summed E-state index contributed by atoms with van der Waals surface area (Å²) in [6.45, 7) is 2.94. The van der Waals surface area contributed by atoms with Gasteiger partial charge in [0.05, 0.1) is 22.1 Å². The maximum absolute atomic E-state index is 12.7. The van der Waals surface area contributed by atoms with Crippen LogP contribution in [0.25, 0.3) is 21.5 Å². The summed E-state index contributed by atoms with van der Waals surface area (Å²) in [4.78, 5) is 20.8. The smallest absolute Gasteiger partial charge is 0.257 e. The van der Waals surface area contributed by atoms with Gasteiger partial charge in [0.25, 0.3) is 5.89 Å². The molecule has 1 amide bonds. The van der Waals surface area contributed by atoms with Crippen molar-refractivity contribution in [2.45, 2.75) is 25.0 Å². The monoisotopic (exact) mass is 446 g/mol. The fourth-order valence-electron chi connectivity index (χ4n) is 2.59. The highest BCUT2D eigenvalue weighted by Crippen LogP contribution is 2.25. The molecular weight excluding hydrogens is 428 g/mol. The van der Waals surface area contributed by atoms with Crippen molar-refractivity contribution < 1.29 is 9.21 Å². The van der Waals surface area contributed by atoms with E-state index in [0.29, 0.717) is 35.9 Å². The third-order valence-corrected chi connectivity index (χ3v) is 6.48. The third-order valence-electron chi connectivity index (χ3n) is 3.92. The van der Waals surface area contributed by atoms with E-state index in [1.165, 1.54) is 23.1 Å². The zero-order valence-electron chi connectivity index (χ0n) is 15.6. The largest absolute Gasteiger partial charge is 0.418 e. The van der Waals surface area contributed by atoms with E-state index in [9.17, 15) is 4.79 Å². The van der Waals surface area contributed by atoms with Gasteiger partial charge in [-0.2, -0.15) is 0 Å². The maximum Gasteiger partial charge on any atom is 0.257 e. The molecule has 4 rings (SSSR count). The minimum Gasteiger partial charge on any atom is -0.418 e. The number of hydrogen-bond donors (Lipinski definition) is 1. The van der Waals surface area contributed by atoms with Crippen molar-refractivity contribution in [3.05, 3.63) is 40.9 Å². The number of thiophene rings is 2. The zero-order valence-corrected chi connectivity index (χ0v) is 18.0. The molecule has 0 aromatic carbocycles. The van der Waals surface area contributed by atoms with Crippen LogP contribution in [0, 0.1) is 0 Å². The quantitative estimate of drug-likeness (QED) is 0.385. The zero-order chi connectivity index (χ0) is 20.1. The minimum absolute atomic E-state index is 0.0183. The van der Waals surface area contributed by atoms with E-state index in [0.717, 1.165) is 16.2 Å². The number of carbonyl (C=O) groups excluding carboxylic acids is 1. The molecule has 8 nitrogen and oxygen atoms in total. The van der Waals surface area contributed by atoms with Crippen LogP contribution in [0.15, 0.2) is 44.6 Å². The number of thioether (sulfide) groups is 1. The van der Waals surface area contributed by atoms with Crippen LogP contribution in [-0.4, -0.2) is 48.5 Å². The Morgan fingerprint density at radius 2 is 2.00 bits per heavy atom. The molecule has 150 valence electrons. The van der Waals surface area contributed by atoms with E-state index in [-0.39, 0.29) is 11.7 Å². The van der Waals surface area contributed by atoms with Crippen LogP contribution in [0.5, 0.6) is 0 Å². The predicted molar refractivity (Wildman–Crippen MR) is 114 cm³/mol. The number of rotatable bonds is 9. The van der Waals surface area contributed by atoms with Gasteiger partial charge in [0.2, 0.25) is 17.0 Å². The molecule has 0 aliphatic carbocycles. The van der Waals surface area contributed by atoms with Crippen molar-refractivity contribution in [2.24, 2.45) is 0 Å². The number of nitrogens with one attached hydrogen (secondary N) is 1. The third kappa shape index (κ3) is 4.92. The fraction of sp³-hybridized carbons (Fsp3) is 0.278. The van der Waals surface area contributed by atoms with Crippen molar-refractivity contribution in [2.75, 3.05) is 12.3 Å². The van der Waals surface area contributed by atoms with Gasteiger partial charge < -0.3 is 9.32 Å². The standard InChI is InChI=1S/C18H18N6O2S3/c1-2-7-24(10-14-20-22-17(26-14)13-6-4-9-28-13)15(25)11-29-18-19-16(21-23-18)12-5-3-8-27-12/h3-6,8-9H,2,7,10-11H2,1H3,(H,19,21,23). The normalized spacial score (nSPS) is 11.1. The van der Waals surface area contributed by atoms with Crippen LogP contribution >= 0.6 is 34.4 Å². The summed E-state index contributed by atoms with van der Waals surface area (Å²) in [5, 5.41) is 19.8. The molecule has 4 heterocycles. The van der Waals surface area contributed by atoms with Crippen LogP contribution in [0.1, 0.15) is 19.2 Å². The molecule has 0 saturated carbocycles. The molecule has 0 saturated heterocycles. The first kappa shape index (κ1) is 19.8. The van der Waals surface area contributed by atoms with Crippen LogP contribution in [-0.2, 0) is 11.3 Å². The van der Waals surface area contributed by atoms with Gasteiger partial charge in [-0.25, -0.2) is 4.98 Å². The second kappa shape index (κ2) is 9.33. The van der Waals surface area contributed by atoms with Gasteiger partial charge in [-0.15, -0.1) is 38.0 Å². The van der Waals surface area contributed by atoms with Crippen molar-refractivity contribution >= 4 is 40.3 Å². The van der Waals surface area contributed by atoms with E-state index in [1.807, 2.05) is 41.9 Å². The van der Waals surface area contributed by atoms with Crippen LogP contribution < -0.4 is 0 Å². The molecule has 29 heavy (non-hydrogen) atoms. The Morgan fingerprint density at radius 3 is 2.72 bits per heavy atom. The average Bonchev–Trinajstić information content (AvgIpc) is 3.52. The summed E-state index contributed by atoms with van der Waals surface area (Å²) in [5.74, 6) is 1.85. The molecule has 0 bridgehead atoms. The molecule has 0 spiro atoms. The molecule has 0 aliphatic heterocycles. The lowest BCUT2D eigenvalue weighted by Crippen LogP contribution is -2.32. The molecule has 4 aromatic heterocycles. The predicted octanol–water partition coefficient (Wildman–Crippen LogP) is 4.18. The second-order valence-electron chi connectivity index (χ2n) is 6.03. The summed E-state index contributed by atoms with van der Waals surface area (Å²) >= 11 is 4.43. The molecule has 4 aromatic rings. The van der Waals surface area contributed by atoms with Crippen molar-refractivity contribution in [3.8, 4) is 21.5 Å². The van der Waals surface area contributed by atoms with Crippen molar-refractivity contribution in [3.63, 3.8) is 0 Å². The van der Waals surface area contributed by atoms with Crippen LogP contribution in [0.4, 0.5) is 0 Å². The van der Waals surface area contributed by atoms with E-state index in [2.05, 4.69) is 25.4 Å². The average molecular weight is 447 g/mol. The molecule has 1 N–H and O–H groups in total. The topological polar surface area (TPSA) is 101 Å². The number of aromatic amines is 1. The number of amides is 1. The Hall–Kier alpha value is -2.50. The number of H-pyrrole nitrogens is 1. The van der Waals surface area contributed by atoms with E-state index in [1.54, 1.807) is 16.2 Å². The van der Waals surface area contributed by atoms with Crippen LogP contribution in [0.3, 0.4) is 0 Å². The van der Waals surface area contributed by atoms with E-state index in [4.69, 9.17) is 4.42 Å². The number of carbonyl (C=O) groups is 1. The summed E-state index contributed by atoms with van der Waals surface area (Å²) < 4.78 is 5.72. The first-order valence-electron chi connectivity index (χ1n) is 8.96. The Bertz CT molecular complexity index is 1040. The van der Waals surface area contributed by atoms with E-state index < -0.39 is 0 Å². The van der Waals surface area contributed by atoms with E-state index >= 15 is 0 Å². The lowest BCUT2D eigenvalue weighted by Gasteiger charge is -2.19. The highest BCUT2D eigenvalue weighted by Gasteiger charge is 2.19. The van der Waals surface area contributed by atoms with Gasteiger partial charge in [0, 0.05) is 6.54 Å². The number of nitrogens with zero attached hydrogens (tertiary/aromatic N) is 5. The van der Waals surface area contributed by atoms with Gasteiger partial charge in [0.1, 0.15) is 0 Å². The Balaban J connectivity index is 1.36. The van der Waals surface area contributed by atoms with Crippen molar-refractivity contribution in [1.29, 1.82) is 0 Å². The fourth-order valence-corrected chi connectivity index (χ4v) is 4.60. The molecular formula is C18H18N6O2S3. The lowest BCUT2D eigenvalue weighted by molar-refractivity contribution is -0.129. The summed E-state index contributed by atoms with van der Waals surface area (Å²) in [6, 6.07) is 7.79. The summed E-state index contributed by atoms with van der Waals surface area (Å²) in [7, 11) is 0. The van der Waals surface area contributed by atoms with Gasteiger partial charge in [0.15, 0.2) is 5.82 Å². The highest BCUT2D eigenvalue weighted by molar-refractivity contribution is 7.99. The highest BCUT2D eigenvalue weighted by atomic mass is 32.2. The molecule has 0 radical (unpaired) electrons. The number of aromatic nitrogens is 5. The summed E-state index contributed by atoms with van der Waals surface area (Å²) in [6.07, 6.45) is 0.839. The van der Waals surface area contributed by atoms with Gasteiger partial charge in [-0.3, -0.25) is 9.89 Å². The minimum atomic E-state index is -0.0183. The van der Waals surface area contributed by atoms with Crippen LogP contribution in [0.2, 0.25) is 0 Å². The van der Waals surface area contributed by atoms with Gasteiger partial charge in [-0.1, -0.05) is 30.8 Å². The van der Waals surface area contributed by atoms with Gasteiger partial charge >= 0.3 is 0 Å². The Morgan fingerprint density at radius 1 is 1.21 bits per heavy atom. The SMILES string of the molecule is CCCN(Cc1nnc(-c2cccs2)o1)C(=O)CSc1n[nH]c(-c2cccs2)n1. The Labute approximate surface area is 179 Å². The molecule has 0 atom stereocenters. The Kier molecular flexibility index (Phi) is 6.37. The summed E-state index contributed by atoms with van der Waals surface area (Å²) in [5.41, 5.74) is 0. The lowest BCUT2D eigenvalue weighted by atomic mass is 10.4. The first-order chi connectivity index (χ1) is 14.2. The van der Waals surface area contributed by atoms with Crippen molar-refractivity contribution in [1.82, 2.24) is 30.3 Å². The molecule has 11 heteroatoms. The molecule has 0 unspecified atom stereocenters. The van der Waals surface area contributed by atoms with Gasteiger partial charge in [-0.05, 0) is 29.3 Å². The second-order valence-corrected chi connectivity index (χ2v) is 8.86. The molecule has 0 fully saturated rings. The maximum atomic E-state index is 12.7. The number of hydrogen-bond acceptors (Lipinski definition) is 9.